The van der Waals surface area contributed by atoms with Gasteiger partial charge in [0, 0.05) is 0 Å². The zero-order valence-electron chi connectivity index (χ0n) is 13.9. The van der Waals surface area contributed by atoms with Crippen LogP contribution in [0.25, 0.3) is 0 Å². The molecule has 0 fully saturated rings. The molecule has 0 saturated carbocycles. The van der Waals surface area contributed by atoms with Gasteiger partial charge in [-0.2, -0.15) is 0 Å². The van der Waals surface area contributed by atoms with Crippen molar-refractivity contribution in [1.82, 2.24) is 0 Å². The van der Waals surface area contributed by atoms with E-state index in [1.54, 1.807) is 54.6 Å². The summed E-state index contributed by atoms with van der Waals surface area (Å²) in [6, 6.07) is 12.9. The molecule has 0 aliphatic rings. The van der Waals surface area contributed by atoms with Gasteiger partial charge in [-0.15, -0.1) is 6.58 Å². The minimum Gasteiger partial charge on any atom is -0.493 e. The molecule has 0 aromatic heterocycles. The Morgan fingerprint density at radius 1 is 0.958 bits per heavy atom. The molecule has 0 radical (unpaired) electrons. The average molecular weight is 346 g/mol. The Labute approximate surface area is 143 Å². The maximum absolute atomic E-state index is 12.6. The van der Waals surface area contributed by atoms with E-state index in [1.807, 2.05) is 13.8 Å². The Kier molecular flexibility index (Phi) is 6.04. The Morgan fingerprint density at radius 3 is 1.92 bits per heavy atom. The predicted molar refractivity (Wildman–Crippen MR) is 94.4 cm³/mol. The summed E-state index contributed by atoms with van der Waals surface area (Å²) in [7, 11) is -3.55. The van der Waals surface area contributed by atoms with Gasteiger partial charge in [-0.05, 0) is 68.8 Å². The number of benzene rings is 2. The van der Waals surface area contributed by atoms with E-state index in [0.717, 1.165) is 6.42 Å². The third-order valence-corrected chi connectivity index (χ3v) is 5.02. The van der Waals surface area contributed by atoms with Gasteiger partial charge in [-0.3, -0.25) is 0 Å². The molecule has 0 atom stereocenters. The average Bonchev–Trinajstić information content (AvgIpc) is 2.55. The first-order chi connectivity index (χ1) is 11.4. The Morgan fingerprint density at radius 2 is 1.46 bits per heavy atom. The number of ether oxygens (including phenoxy) is 2. The Hall–Kier alpha value is -2.27. The van der Waals surface area contributed by atoms with Gasteiger partial charge in [0.05, 0.1) is 22.5 Å². The summed E-state index contributed by atoms with van der Waals surface area (Å²) in [6.07, 6.45) is 2.55. The van der Waals surface area contributed by atoms with Crippen molar-refractivity contribution in [2.45, 2.75) is 36.2 Å². The van der Waals surface area contributed by atoms with Crippen LogP contribution in [0.4, 0.5) is 0 Å². The van der Waals surface area contributed by atoms with Crippen LogP contribution in [0.5, 0.6) is 11.5 Å². The van der Waals surface area contributed by atoms with Gasteiger partial charge < -0.3 is 9.47 Å². The van der Waals surface area contributed by atoms with Crippen molar-refractivity contribution in [2.75, 3.05) is 6.61 Å². The number of hydrogen-bond acceptors (Lipinski definition) is 4. The Balaban J connectivity index is 2.15. The SMILES string of the molecule is C=CCCOc1ccc(S(=O)(=O)c2ccc(OC(C)C)cc2)cc1. The molecule has 2 aromatic rings. The van der Waals surface area contributed by atoms with E-state index in [1.165, 1.54) is 0 Å². The van der Waals surface area contributed by atoms with Crippen molar-refractivity contribution < 1.29 is 17.9 Å². The molecule has 0 amide bonds. The standard InChI is InChI=1S/C19H22O4S/c1-4-5-14-22-16-6-10-18(11-7-16)24(20,21)19-12-8-17(9-13-19)23-15(2)3/h4,6-13,15H,1,5,14H2,2-3H3. The van der Waals surface area contributed by atoms with Crippen LogP contribution in [0.15, 0.2) is 71.0 Å². The van der Waals surface area contributed by atoms with Crippen molar-refractivity contribution in [2.24, 2.45) is 0 Å². The minimum absolute atomic E-state index is 0.0427. The van der Waals surface area contributed by atoms with Crippen LogP contribution in [-0.4, -0.2) is 21.1 Å². The summed E-state index contributed by atoms with van der Waals surface area (Å²) >= 11 is 0. The fraction of sp³-hybridized carbons (Fsp3) is 0.263. The van der Waals surface area contributed by atoms with Gasteiger partial charge in [-0.1, -0.05) is 6.08 Å². The lowest BCUT2D eigenvalue weighted by atomic mass is 10.3. The molecule has 0 aliphatic carbocycles. The highest BCUT2D eigenvalue weighted by Crippen LogP contribution is 2.25. The van der Waals surface area contributed by atoms with Gasteiger partial charge in [0.1, 0.15) is 11.5 Å². The van der Waals surface area contributed by atoms with Crippen molar-refractivity contribution in [1.29, 1.82) is 0 Å². The van der Waals surface area contributed by atoms with E-state index in [-0.39, 0.29) is 15.9 Å². The lowest BCUT2D eigenvalue weighted by Crippen LogP contribution is -2.06. The quantitative estimate of drug-likeness (QED) is 0.529. The summed E-state index contributed by atoms with van der Waals surface area (Å²) in [5, 5.41) is 0. The first kappa shape index (κ1) is 18.1. The first-order valence-electron chi connectivity index (χ1n) is 7.79. The molecular formula is C19H22O4S. The van der Waals surface area contributed by atoms with Crippen LogP contribution in [-0.2, 0) is 9.84 Å². The molecule has 4 nitrogen and oxygen atoms in total. The van der Waals surface area contributed by atoms with Gasteiger partial charge in [0.25, 0.3) is 0 Å². The maximum Gasteiger partial charge on any atom is 0.206 e. The molecule has 0 N–H and O–H groups in total. The largest absolute Gasteiger partial charge is 0.493 e. The highest BCUT2D eigenvalue weighted by Gasteiger charge is 2.17. The van der Waals surface area contributed by atoms with Gasteiger partial charge in [0.2, 0.25) is 9.84 Å². The molecule has 0 saturated heterocycles. The van der Waals surface area contributed by atoms with Crippen LogP contribution in [0.3, 0.4) is 0 Å². The van der Waals surface area contributed by atoms with Crippen molar-refractivity contribution in [3.05, 3.63) is 61.2 Å². The normalized spacial score (nSPS) is 11.3. The smallest absolute Gasteiger partial charge is 0.206 e. The van der Waals surface area contributed by atoms with Gasteiger partial charge in [0.15, 0.2) is 0 Å². The zero-order chi connectivity index (χ0) is 17.6. The molecule has 0 unspecified atom stereocenters. The molecule has 2 rings (SSSR count). The van der Waals surface area contributed by atoms with E-state index >= 15 is 0 Å². The van der Waals surface area contributed by atoms with E-state index < -0.39 is 9.84 Å². The molecule has 128 valence electrons. The topological polar surface area (TPSA) is 52.6 Å². The summed E-state index contributed by atoms with van der Waals surface area (Å²) in [4.78, 5) is 0.468. The van der Waals surface area contributed by atoms with E-state index in [4.69, 9.17) is 9.47 Å². The van der Waals surface area contributed by atoms with Gasteiger partial charge >= 0.3 is 0 Å². The monoisotopic (exact) mass is 346 g/mol. The zero-order valence-corrected chi connectivity index (χ0v) is 14.8. The second-order valence-electron chi connectivity index (χ2n) is 5.54. The summed E-state index contributed by atoms with van der Waals surface area (Å²) in [5.41, 5.74) is 0. The molecule has 0 spiro atoms. The predicted octanol–water partition coefficient (Wildman–Crippen LogP) is 4.26. The number of sulfone groups is 1. The lowest BCUT2D eigenvalue weighted by Gasteiger charge is -2.11. The van der Waals surface area contributed by atoms with Crippen LogP contribution in [0.2, 0.25) is 0 Å². The van der Waals surface area contributed by atoms with Crippen molar-refractivity contribution in [3.8, 4) is 11.5 Å². The first-order valence-corrected chi connectivity index (χ1v) is 9.27. The highest BCUT2D eigenvalue weighted by molar-refractivity contribution is 7.91. The van der Waals surface area contributed by atoms with E-state index in [0.29, 0.717) is 18.1 Å². The molecule has 0 aliphatic heterocycles. The van der Waals surface area contributed by atoms with Crippen molar-refractivity contribution >= 4 is 9.84 Å². The summed E-state index contributed by atoms with van der Waals surface area (Å²) < 4.78 is 36.3. The molecule has 5 heteroatoms. The molecule has 0 bridgehead atoms. The highest BCUT2D eigenvalue weighted by atomic mass is 32.2. The van der Waals surface area contributed by atoms with E-state index in [2.05, 4.69) is 6.58 Å². The van der Waals surface area contributed by atoms with Crippen LogP contribution in [0, 0.1) is 0 Å². The molecule has 24 heavy (non-hydrogen) atoms. The number of rotatable bonds is 8. The minimum atomic E-state index is -3.55. The molecule has 2 aromatic carbocycles. The second-order valence-corrected chi connectivity index (χ2v) is 7.49. The lowest BCUT2D eigenvalue weighted by molar-refractivity contribution is 0.242. The third kappa shape index (κ3) is 4.61. The van der Waals surface area contributed by atoms with Gasteiger partial charge in [-0.25, -0.2) is 8.42 Å². The van der Waals surface area contributed by atoms with E-state index in [9.17, 15) is 8.42 Å². The van der Waals surface area contributed by atoms with Crippen LogP contribution >= 0.6 is 0 Å². The fourth-order valence-corrected chi connectivity index (χ4v) is 3.34. The molecular weight excluding hydrogens is 324 g/mol. The van der Waals surface area contributed by atoms with Crippen LogP contribution in [0.1, 0.15) is 20.3 Å². The summed E-state index contributed by atoms with van der Waals surface area (Å²) in [6.45, 7) is 7.99. The third-order valence-electron chi connectivity index (χ3n) is 3.23. The number of hydrogen-bond donors (Lipinski definition) is 0. The molecule has 0 heterocycles. The maximum atomic E-state index is 12.6. The fourth-order valence-electron chi connectivity index (χ4n) is 2.08. The summed E-state index contributed by atoms with van der Waals surface area (Å²) in [5.74, 6) is 1.28. The Bertz CT molecular complexity index is 760. The second kappa shape index (κ2) is 8.02. The van der Waals surface area contributed by atoms with Crippen molar-refractivity contribution in [3.63, 3.8) is 0 Å². The van der Waals surface area contributed by atoms with Crippen LogP contribution < -0.4 is 9.47 Å².